The summed E-state index contributed by atoms with van der Waals surface area (Å²) in [4.78, 5) is 9.41. The van der Waals surface area contributed by atoms with Crippen LogP contribution in [0.3, 0.4) is 0 Å². The van der Waals surface area contributed by atoms with Crippen molar-refractivity contribution in [3.63, 3.8) is 0 Å². The highest BCUT2D eigenvalue weighted by Crippen LogP contribution is 2.18. The normalized spacial score (nSPS) is 25.9. The van der Waals surface area contributed by atoms with Crippen molar-refractivity contribution in [1.82, 2.24) is 15.1 Å². The van der Waals surface area contributed by atoms with Gasteiger partial charge in [0.25, 0.3) is 0 Å². The molecule has 0 aromatic heterocycles. The van der Waals surface area contributed by atoms with Gasteiger partial charge in [-0.2, -0.15) is 0 Å². The van der Waals surface area contributed by atoms with Crippen molar-refractivity contribution < 1.29 is 9.47 Å². The predicted molar refractivity (Wildman–Crippen MR) is 101 cm³/mol. The minimum Gasteiger partial charge on any atom is -0.381 e. The Hall–Kier alpha value is -1.11. The van der Waals surface area contributed by atoms with Crippen LogP contribution < -0.4 is 5.32 Å². The maximum Gasteiger partial charge on any atom is 0.193 e. The molecule has 142 valence electrons. The van der Waals surface area contributed by atoms with Gasteiger partial charge in [-0.25, -0.2) is 0 Å². The Morgan fingerprint density at radius 1 is 1.24 bits per heavy atom. The Labute approximate surface area is 152 Å². The fourth-order valence-electron chi connectivity index (χ4n) is 3.89. The maximum atomic E-state index is 5.84. The van der Waals surface area contributed by atoms with Crippen LogP contribution in [0.25, 0.3) is 0 Å². The molecule has 1 N–H and O–H groups in total. The molecular formula is C19H34N4O2. The van der Waals surface area contributed by atoms with Gasteiger partial charge >= 0.3 is 0 Å². The second kappa shape index (κ2) is 10.1. The Morgan fingerprint density at radius 3 is 2.80 bits per heavy atom. The molecule has 1 atom stereocenters. The van der Waals surface area contributed by atoms with Gasteiger partial charge in [-0.05, 0) is 31.6 Å². The number of guanidine groups is 1. The quantitative estimate of drug-likeness (QED) is 0.325. The average Bonchev–Trinajstić information content (AvgIpc) is 3.33. The number of hydrogen-bond acceptors (Lipinski definition) is 4. The summed E-state index contributed by atoms with van der Waals surface area (Å²) >= 11 is 0. The lowest BCUT2D eigenvalue weighted by molar-refractivity contribution is 0.0203. The SMILES string of the molecule is CN=C(NCCCOCC1CCOCC1)N1CCC(N2CC=CC2)C1. The zero-order chi connectivity index (χ0) is 17.3. The molecule has 3 heterocycles. The van der Waals surface area contributed by atoms with Crippen molar-refractivity contribution in [2.45, 2.75) is 31.7 Å². The second-order valence-corrected chi connectivity index (χ2v) is 7.27. The van der Waals surface area contributed by atoms with Crippen LogP contribution in [0.4, 0.5) is 0 Å². The molecule has 0 aliphatic carbocycles. The van der Waals surface area contributed by atoms with Gasteiger partial charge in [-0.15, -0.1) is 0 Å². The van der Waals surface area contributed by atoms with Gasteiger partial charge in [0, 0.05) is 72.2 Å². The smallest absolute Gasteiger partial charge is 0.193 e. The standard InChI is InChI=1S/C19H34N4O2/c1-20-19(23-11-5-18(15-23)22-9-2-3-10-22)21-8-4-12-25-16-17-6-13-24-14-7-17/h2-3,17-18H,4-16H2,1H3,(H,20,21). The first kappa shape index (κ1) is 18.7. The highest BCUT2D eigenvalue weighted by molar-refractivity contribution is 5.80. The van der Waals surface area contributed by atoms with Crippen molar-refractivity contribution >= 4 is 5.96 Å². The first-order valence-electron chi connectivity index (χ1n) is 9.87. The zero-order valence-corrected chi connectivity index (χ0v) is 15.7. The van der Waals surface area contributed by atoms with E-state index < -0.39 is 0 Å². The van der Waals surface area contributed by atoms with Gasteiger partial charge in [0.2, 0.25) is 0 Å². The van der Waals surface area contributed by atoms with Crippen LogP contribution in [-0.2, 0) is 9.47 Å². The van der Waals surface area contributed by atoms with Gasteiger partial charge in [0.05, 0.1) is 0 Å². The Morgan fingerprint density at radius 2 is 2.04 bits per heavy atom. The summed E-state index contributed by atoms with van der Waals surface area (Å²) in [6, 6.07) is 0.663. The van der Waals surface area contributed by atoms with Gasteiger partial charge in [-0.3, -0.25) is 9.89 Å². The number of ether oxygens (including phenoxy) is 2. The van der Waals surface area contributed by atoms with Crippen LogP contribution in [0, 0.1) is 5.92 Å². The molecule has 0 spiro atoms. The van der Waals surface area contributed by atoms with E-state index >= 15 is 0 Å². The molecule has 1 unspecified atom stereocenters. The van der Waals surface area contributed by atoms with Crippen molar-refractivity contribution in [2.75, 3.05) is 66.2 Å². The third kappa shape index (κ3) is 5.69. The molecule has 0 radical (unpaired) electrons. The maximum absolute atomic E-state index is 5.84. The molecule has 25 heavy (non-hydrogen) atoms. The molecule has 0 bridgehead atoms. The second-order valence-electron chi connectivity index (χ2n) is 7.27. The summed E-state index contributed by atoms with van der Waals surface area (Å²) in [5.41, 5.74) is 0. The van der Waals surface area contributed by atoms with Crippen LogP contribution >= 0.6 is 0 Å². The van der Waals surface area contributed by atoms with E-state index in [0.29, 0.717) is 12.0 Å². The van der Waals surface area contributed by atoms with Crippen molar-refractivity contribution in [3.8, 4) is 0 Å². The molecule has 3 aliphatic heterocycles. The van der Waals surface area contributed by atoms with Crippen LogP contribution in [0.5, 0.6) is 0 Å². The topological polar surface area (TPSA) is 49.3 Å². The lowest BCUT2D eigenvalue weighted by Gasteiger charge is -2.25. The van der Waals surface area contributed by atoms with E-state index in [1.807, 2.05) is 7.05 Å². The fraction of sp³-hybridized carbons (Fsp3) is 0.842. The first-order chi connectivity index (χ1) is 12.4. The number of nitrogens with one attached hydrogen (secondary N) is 1. The summed E-state index contributed by atoms with van der Waals surface area (Å²) in [7, 11) is 1.88. The molecule has 2 fully saturated rings. The molecule has 3 rings (SSSR count). The predicted octanol–water partition coefficient (Wildman–Crippen LogP) is 1.34. The number of hydrogen-bond donors (Lipinski definition) is 1. The van der Waals surface area contributed by atoms with Gasteiger partial charge in [0.1, 0.15) is 0 Å². The number of nitrogens with zero attached hydrogens (tertiary/aromatic N) is 3. The van der Waals surface area contributed by atoms with Gasteiger partial charge < -0.3 is 19.7 Å². The molecule has 0 saturated carbocycles. The minimum absolute atomic E-state index is 0.663. The third-order valence-electron chi connectivity index (χ3n) is 5.48. The molecule has 2 saturated heterocycles. The summed E-state index contributed by atoms with van der Waals surface area (Å²) < 4.78 is 11.2. The number of aliphatic imine (C=N–C) groups is 1. The number of likely N-dealkylation sites (tertiary alicyclic amines) is 1. The fourth-order valence-corrected chi connectivity index (χ4v) is 3.89. The van der Waals surface area contributed by atoms with E-state index in [9.17, 15) is 0 Å². The number of rotatable bonds is 7. The summed E-state index contributed by atoms with van der Waals surface area (Å²) in [6.45, 7) is 8.82. The van der Waals surface area contributed by atoms with Crippen molar-refractivity contribution in [2.24, 2.45) is 10.9 Å². The molecule has 0 aromatic rings. The van der Waals surface area contributed by atoms with Crippen molar-refractivity contribution in [3.05, 3.63) is 12.2 Å². The van der Waals surface area contributed by atoms with E-state index in [4.69, 9.17) is 9.47 Å². The Balaban J connectivity index is 1.26. The molecule has 6 heteroatoms. The molecule has 0 amide bonds. The highest BCUT2D eigenvalue weighted by atomic mass is 16.5. The van der Waals surface area contributed by atoms with E-state index in [1.165, 1.54) is 6.42 Å². The molecule has 3 aliphatic rings. The summed E-state index contributed by atoms with van der Waals surface area (Å²) in [5.74, 6) is 1.73. The van der Waals surface area contributed by atoms with E-state index in [1.54, 1.807) is 0 Å². The molecule has 0 aromatic carbocycles. The van der Waals surface area contributed by atoms with Crippen molar-refractivity contribution in [1.29, 1.82) is 0 Å². The minimum atomic E-state index is 0.663. The van der Waals surface area contributed by atoms with Crippen LogP contribution in [0.2, 0.25) is 0 Å². The summed E-state index contributed by atoms with van der Waals surface area (Å²) in [6.07, 6.45) is 9.10. The largest absolute Gasteiger partial charge is 0.381 e. The van der Waals surface area contributed by atoms with Crippen LogP contribution in [0.1, 0.15) is 25.7 Å². The van der Waals surface area contributed by atoms with E-state index in [0.717, 1.165) is 84.4 Å². The Bertz CT molecular complexity index is 441. The van der Waals surface area contributed by atoms with Gasteiger partial charge in [-0.1, -0.05) is 12.2 Å². The summed E-state index contributed by atoms with van der Waals surface area (Å²) in [5, 5.41) is 3.50. The van der Waals surface area contributed by atoms with Crippen LogP contribution in [0.15, 0.2) is 17.1 Å². The third-order valence-corrected chi connectivity index (χ3v) is 5.48. The van der Waals surface area contributed by atoms with Crippen LogP contribution in [-0.4, -0.2) is 88.0 Å². The monoisotopic (exact) mass is 350 g/mol. The lowest BCUT2D eigenvalue weighted by atomic mass is 10.0. The average molecular weight is 351 g/mol. The highest BCUT2D eigenvalue weighted by Gasteiger charge is 2.29. The van der Waals surface area contributed by atoms with Gasteiger partial charge in [0.15, 0.2) is 5.96 Å². The zero-order valence-electron chi connectivity index (χ0n) is 15.7. The lowest BCUT2D eigenvalue weighted by Crippen LogP contribution is -2.43. The van der Waals surface area contributed by atoms with E-state index in [-0.39, 0.29) is 0 Å². The first-order valence-corrected chi connectivity index (χ1v) is 9.87. The molecular weight excluding hydrogens is 316 g/mol. The molecule has 6 nitrogen and oxygen atoms in total. The van der Waals surface area contributed by atoms with E-state index in [2.05, 4.69) is 32.3 Å². The Kier molecular flexibility index (Phi) is 7.57.